The number of esters is 1. The first-order valence-electron chi connectivity index (χ1n) is 10.2. The molecule has 1 N–H and O–H groups in total. The van der Waals surface area contributed by atoms with Crippen molar-refractivity contribution in [2.75, 3.05) is 13.7 Å². The minimum absolute atomic E-state index is 0.0492. The first-order valence-corrected chi connectivity index (χ1v) is 12.0. The molecule has 1 heterocycles. The zero-order chi connectivity index (χ0) is 25.7. The van der Waals surface area contributed by atoms with Gasteiger partial charge in [-0.3, -0.25) is 19.7 Å². The number of hydrogen-bond acceptors (Lipinski definition) is 8. The van der Waals surface area contributed by atoms with Gasteiger partial charge in [-0.2, -0.15) is 5.26 Å². The summed E-state index contributed by atoms with van der Waals surface area (Å²) in [6.07, 6.45) is 0. The minimum Gasteiger partial charge on any atom is -0.491 e. The molecule has 0 aromatic heterocycles. The van der Waals surface area contributed by atoms with Crippen molar-refractivity contribution in [1.29, 1.82) is 5.26 Å². The highest BCUT2D eigenvalue weighted by Crippen LogP contribution is 2.44. The van der Waals surface area contributed by atoms with Gasteiger partial charge in [-0.15, -0.1) is 11.8 Å². The molecule has 0 aliphatic carbocycles. The highest BCUT2D eigenvalue weighted by molar-refractivity contribution is 8.02. The van der Waals surface area contributed by atoms with Gasteiger partial charge in [0, 0.05) is 23.8 Å². The molecular weight excluding hydrogens is 517 g/mol. The van der Waals surface area contributed by atoms with Crippen LogP contribution in [0.4, 0.5) is 5.69 Å². The Bertz CT molecular complexity index is 1220. The summed E-state index contributed by atoms with van der Waals surface area (Å²) in [6, 6.07) is 11.0. The van der Waals surface area contributed by atoms with Crippen LogP contribution in [-0.4, -0.2) is 30.5 Å². The van der Waals surface area contributed by atoms with Crippen LogP contribution < -0.4 is 10.1 Å². The van der Waals surface area contributed by atoms with Gasteiger partial charge in [-0.05, 0) is 30.2 Å². The number of nitro benzene ring substituents is 1. The van der Waals surface area contributed by atoms with Gasteiger partial charge in [0.05, 0.1) is 45.4 Å². The predicted molar refractivity (Wildman–Crippen MR) is 131 cm³/mol. The predicted octanol–water partition coefficient (Wildman–Crippen LogP) is 4.97. The van der Waals surface area contributed by atoms with Crippen molar-refractivity contribution in [2.45, 2.75) is 18.6 Å². The standard InChI is InChI=1S/C23H19Cl2N3O6S/c1-3-34-20-16(24)8-13(9-17(20)25)18-15(10-26)22(27-21(29)19(18)23(30)33-2)35-11-12-4-6-14(7-5-12)28(31)32/h4-9,18-19H,3,11H2,1-2H3,(H,27,29)/t18-,19+/m1/s1. The molecule has 1 amide bonds. The van der Waals surface area contributed by atoms with Crippen LogP contribution in [0.15, 0.2) is 47.0 Å². The number of halogens is 2. The maximum Gasteiger partial charge on any atom is 0.319 e. The Hall–Kier alpha value is -3.26. The largest absolute Gasteiger partial charge is 0.491 e. The molecule has 0 spiro atoms. The average Bonchev–Trinajstić information content (AvgIpc) is 2.84. The first kappa shape index (κ1) is 26.3. The van der Waals surface area contributed by atoms with E-state index < -0.39 is 28.6 Å². The minimum atomic E-state index is -1.34. The summed E-state index contributed by atoms with van der Waals surface area (Å²) in [5, 5.41) is 24.1. The Labute approximate surface area is 215 Å². The van der Waals surface area contributed by atoms with Crippen LogP contribution in [0, 0.1) is 27.4 Å². The third-order valence-electron chi connectivity index (χ3n) is 5.18. The molecule has 182 valence electrons. The molecule has 2 atom stereocenters. The van der Waals surface area contributed by atoms with E-state index in [-0.39, 0.29) is 32.1 Å². The van der Waals surface area contributed by atoms with Crippen molar-refractivity contribution in [3.05, 3.63) is 78.3 Å². The molecule has 0 fully saturated rings. The number of benzene rings is 2. The molecule has 35 heavy (non-hydrogen) atoms. The number of carbonyl (C=O) groups excluding carboxylic acids is 2. The molecule has 0 bridgehead atoms. The van der Waals surface area contributed by atoms with Gasteiger partial charge in [-0.25, -0.2) is 0 Å². The van der Waals surface area contributed by atoms with Crippen LogP contribution in [0.25, 0.3) is 0 Å². The number of non-ortho nitro benzene ring substituents is 1. The molecule has 2 aromatic carbocycles. The summed E-state index contributed by atoms with van der Waals surface area (Å²) < 4.78 is 10.3. The van der Waals surface area contributed by atoms with Crippen LogP contribution >= 0.6 is 35.0 Å². The van der Waals surface area contributed by atoms with Crippen LogP contribution in [-0.2, 0) is 20.1 Å². The van der Waals surface area contributed by atoms with Crippen molar-refractivity contribution in [1.82, 2.24) is 5.32 Å². The number of carbonyl (C=O) groups is 2. The molecule has 12 heteroatoms. The van der Waals surface area contributed by atoms with Gasteiger partial charge in [0.25, 0.3) is 5.69 Å². The van der Waals surface area contributed by atoms with Crippen molar-refractivity contribution >= 4 is 52.5 Å². The van der Waals surface area contributed by atoms with Gasteiger partial charge >= 0.3 is 5.97 Å². The summed E-state index contributed by atoms with van der Waals surface area (Å²) in [6.45, 7) is 2.09. The summed E-state index contributed by atoms with van der Waals surface area (Å²) in [7, 11) is 1.15. The Morgan fingerprint density at radius 1 is 1.26 bits per heavy atom. The summed E-state index contributed by atoms with van der Waals surface area (Å²) in [4.78, 5) is 35.9. The average molecular weight is 536 g/mol. The topological polar surface area (TPSA) is 132 Å². The number of rotatable bonds is 8. The van der Waals surface area contributed by atoms with Gasteiger partial charge in [0.1, 0.15) is 5.92 Å². The molecule has 0 radical (unpaired) electrons. The van der Waals surface area contributed by atoms with E-state index in [1.807, 2.05) is 0 Å². The van der Waals surface area contributed by atoms with Crippen LogP contribution in [0.3, 0.4) is 0 Å². The number of nitrogens with zero attached hydrogens (tertiary/aromatic N) is 2. The number of nitriles is 1. The molecular formula is C23H19Cl2N3O6S. The SMILES string of the molecule is CCOc1c(Cl)cc([C@@H]2C(C#N)=C(SCc3ccc([N+](=O)[O-])cc3)NC(=O)[C@H]2C(=O)OC)cc1Cl. The normalized spacial score (nSPS) is 17.4. The number of thioether (sulfide) groups is 1. The van der Waals surface area contributed by atoms with E-state index in [9.17, 15) is 25.0 Å². The Morgan fingerprint density at radius 3 is 2.40 bits per heavy atom. The molecule has 3 rings (SSSR count). The molecule has 0 saturated heterocycles. The molecule has 0 unspecified atom stereocenters. The third-order valence-corrected chi connectivity index (χ3v) is 6.83. The van der Waals surface area contributed by atoms with Gasteiger partial charge in [0.15, 0.2) is 5.75 Å². The number of nitro groups is 1. The third kappa shape index (κ3) is 5.70. The van der Waals surface area contributed by atoms with E-state index in [1.54, 1.807) is 19.1 Å². The lowest BCUT2D eigenvalue weighted by Gasteiger charge is -2.31. The molecule has 1 aliphatic heterocycles. The number of methoxy groups -OCH3 is 1. The number of nitrogens with one attached hydrogen (secondary N) is 1. The quantitative estimate of drug-likeness (QED) is 0.217. The van der Waals surface area contributed by atoms with Crippen molar-refractivity contribution < 1.29 is 24.0 Å². The molecule has 0 saturated carbocycles. The molecule has 2 aromatic rings. The van der Waals surface area contributed by atoms with E-state index in [0.29, 0.717) is 17.9 Å². The Kier molecular flexibility index (Phi) is 8.62. The fourth-order valence-corrected chi connectivity index (χ4v) is 5.21. The maximum absolute atomic E-state index is 13.0. The van der Waals surface area contributed by atoms with Crippen molar-refractivity contribution in [2.24, 2.45) is 5.92 Å². The van der Waals surface area contributed by atoms with Crippen LogP contribution in [0.5, 0.6) is 5.75 Å². The smallest absolute Gasteiger partial charge is 0.319 e. The number of amides is 1. The van der Waals surface area contributed by atoms with Crippen LogP contribution in [0.1, 0.15) is 24.0 Å². The van der Waals surface area contributed by atoms with E-state index >= 15 is 0 Å². The monoisotopic (exact) mass is 535 g/mol. The molecule has 9 nitrogen and oxygen atoms in total. The summed E-state index contributed by atoms with van der Waals surface area (Å²) in [5.41, 5.74) is 1.19. The zero-order valence-corrected chi connectivity index (χ0v) is 20.9. The van der Waals surface area contributed by atoms with Gasteiger partial charge < -0.3 is 14.8 Å². The molecule has 1 aliphatic rings. The highest BCUT2D eigenvalue weighted by atomic mass is 35.5. The lowest BCUT2D eigenvalue weighted by molar-refractivity contribution is -0.384. The highest BCUT2D eigenvalue weighted by Gasteiger charge is 2.44. The lowest BCUT2D eigenvalue weighted by atomic mass is 9.78. The fraction of sp³-hybridized carbons (Fsp3) is 0.261. The van der Waals surface area contributed by atoms with Crippen molar-refractivity contribution in [3.8, 4) is 11.8 Å². The lowest BCUT2D eigenvalue weighted by Crippen LogP contribution is -2.44. The van der Waals surface area contributed by atoms with E-state index in [2.05, 4.69) is 11.4 Å². The van der Waals surface area contributed by atoms with Crippen LogP contribution in [0.2, 0.25) is 10.0 Å². The second kappa shape index (κ2) is 11.4. The fourth-order valence-electron chi connectivity index (χ4n) is 3.59. The van der Waals surface area contributed by atoms with Gasteiger partial charge in [0.2, 0.25) is 5.91 Å². The number of allylic oxidation sites excluding steroid dienone is 1. The van der Waals surface area contributed by atoms with E-state index in [0.717, 1.165) is 24.4 Å². The Morgan fingerprint density at radius 2 is 1.89 bits per heavy atom. The summed E-state index contributed by atoms with van der Waals surface area (Å²) in [5.74, 6) is -3.26. The van der Waals surface area contributed by atoms with Gasteiger partial charge in [-0.1, -0.05) is 35.3 Å². The van der Waals surface area contributed by atoms with Crippen molar-refractivity contribution in [3.63, 3.8) is 0 Å². The second-order valence-electron chi connectivity index (χ2n) is 7.28. The summed E-state index contributed by atoms with van der Waals surface area (Å²) >= 11 is 13.9. The van der Waals surface area contributed by atoms with E-state index in [1.165, 1.54) is 24.3 Å². The number of hydrogen-bond donors (Lipinski definition) is 1. The Balaban J connectivity index is 2.04. The second-order valence-corrected chi connectivity index (χ2v) is 9.08. The maximum atomic E-state index is 13.0. The zero-order valence-electron chi connectivity index (χ0n) is 18.5. The number of ether oxygens (including phenoxy) is 2. The first-order chi connectivity index (χ1) is 16.7. The van der Waals surface area contributed by atoms with E-state index in [4.69, 9.17) is 32.7 Å².